The van der Waals surface area contributed by atoms with E-state index in [9.17, 15) is 0 Å². The molecule has 0 saturated carbocycles. The lowest BCUT2D eigenvalue weighted by atomic mass is 10.0. The van der Waals surface area contributed by atoms with Gasteiger partial charge in [0.1, 0.15) is 11.2 Å². The summed E-state index contributed by atoms with van der Waals surface area (Å²) in [6, 6.07) is 20.6. The van der Waals surface area contributed by atoms with Gasteiger partial charge in [0.05, 0.1) is 17.2 Å². The lowest BCUT2D eigenvalue weighted by Crippen LogP contribution is -2.09. The summed E-state index contributed by atoms with van der Waals surface area (Å²) in [6.07, 6.45) is 9.64. The Kier molecular flexibility index (Phi) is 6.72. The summed E-state index contributed by atoms with van der Waals surface area (Å²) >= 11 is 1.74. The molecular formula is C33H28N6S. The number of allylic oxidation sites excluding steroid dienone is 4. The largest absolute Gasteiger partial charge is 0.356 e. The van der Waals surface area contributed by atoms with Crippen LogP contribution in [0.1, 0.15) is 22.9 Å². The predicted octanol–water partition coefficient (Wildman–Crippen LogP) is 8.27. The third-order valence-corrected chi connectivity index (χ3v) is 7.81. The minimum Gasteiger partial charge on any atom is -0.356 e. The average Bonchev–Trinajstić information content (AvgIpc) is 3.72. The van der Waals surface area contributed by atoms with Gasteiger partial charge in [-0.25, -0.2) is 4.98 Å². The molecule has 0 amide bonds. The monoisotopic (exact) mass is 540 g/mol. The highest BCUT2D eigenvalue weighted by atomic mass is 32.1. The molecule has 7 heteroatoms. The number of hydrogen-bond acceptors (Lipinski definition) is 5. The van der Waals surface area contributed by atoms with E-state index in [2.05, 4.69) is 82.0 Å². The van der Waals surface area contributed by atoms with E-state index in [1.54, 1.807) is 17.4 Å². The Bertz CT molecular complexity index is 1930. The third kappa shape index (κ3) is 4.79. The minimum absolute atomic E-state index is 0.700. The topological polar surface area (TPSA) is 82.3 Å². The molecule has 0 aliphatic rings. The maximum atomic E-state index is 4.98. The number of aromatic nitrogens is 5. The van der Waals surface area contributed by atoms with Gasteiger partial charge in [0, 0.05) is 38.3 Å². The molecule has 0 radical (unpaired) electrons. The van der Waals surface area contributed by atoms with Crippen molar-refractivity contribution >= 4 is 44.5 Å². The molecule has 3 N–H and O–H groups in total. The van der Waals surface area contributed by atoms with Gasteiger partial charge in [-0.2, -0.15) is 5.10 Å². The first-order valence-electron chi connectivity index (χ1n) is 12.9. The number of fused-ring (bicyclic) bond motifs is 2. The van der Waals surface area contributed by atoms with Crippen molar-refractivity contribution in [3.63, 3.8) is 0 Å². The van der Waals surface area contributed by atoms with Gasteiger partial charge >= 0.3 is 0 Å². The standard InChI is InChI=1S/C33H28N6S/c1-5-22(16-25(6-2)35-21(4)23-10-8-7-9-11-23)24-13-14-28-26(17-24)32(39-38-28)33-36-29-19-34-18-27(31(29)37-33)30-15-12-20(3)40-30/h5-19,35H,2,4H2,1,3H3,(H,36,37)(H,38,39)/b22-5+,25-16+. The average molecular weight is 541 g/mol. The Balaban J connectivity index is 1.36. The number of H-pyrrole nitrogens is 2. The number of aryl methyl sites for hydroxylation is 1. The van der Waals surface area contributed by atoms with Crippen LogP contribution in [0.3, 0.4) is 0 Å². The van der Waals surface area contributed by atoms with Gasteiger partial charge in [0.25, 0.3) is 0 Å². The summed E-state index contributed by atoms with van der Waals surface area (Å²) in [6.45, 7) is 12.3. The van der Waals surface area contributed by atoms with Crippen LogP contribution < -0.4 is 5.32 Å². The van der Waals surface area contributed by atoms with Gasteiger partial charge in [-0.15, -0.1) is 11.3 Å². The molecular weight excluding hydrogens is 512 g/mol. The van der Waals surface area contributed by atoms with E-state index in [1.807, 2.05) is 55.7 Å². The summed E-state index contributed by atoms with van der Waals surface area (Å²) < 4.78 is 0. The van der Waals surface area contributed by atoms with Crippen LogP contribution in [0.15, 0.2) is 110 Å². The molecule has 6 aromatic rings. The van der Waals surface area contributed by atoms with E-state index in [0.717, 1.165) is 66.2 Å². The normalized spacial score (nSPS) is 12.2. The predicted molar refractivity (Wildman–Crippen MR) is 168 cm³/mol. The fourth-order valence-electron chi connectivity index (χ4n) is 4.71. The molecule has 0 bridgehead atoms. The molecule has 4 heterocycles. The second kappa shape index (κ2) is 10.6. The Morgan fingerprint density at radius 3 is 2.60 bits per heavy atom. The van der Waals surface area contributed by atoms with Crippen molar-refractivity contribution in [1.82, 2.24) is 30.5 Å². The van der Waals surface area contributed by atoms with Crippen LogP contribution in [0.25, 0.3) is 55.2 Å². The molecule has 196 valence electrons. The first kappa shape index (κ1) is 25.3. The fourth-order valence-corrected chi connectivity index (χ4v) is 5.59. The summed E-state index contributed by atoms with van der Waals surface area (Å²) in [4.78, 5) is 15.3. The molecule has 2 aromatic carbocycles. The number of pyridine rings is 1. The van der Waals surface area contributed by atoms with Crippen LogP contribution in [0.2, 0.25) is 0 Å². The van der Waals surface area contributed by atoms with Gasteiger partial charge in [0.15, 0.2) is 5.82 Å². The first-order chi connectivity index (χ1) is 19.5. The minimum atomic E-state index is 0.700. The first-order valence-corrected chi connectivity index (χ1v) is 13.8. The number of benzene rings is 2. The maximum Gasteiger partial charge on any atom is 0.159 e. The highest BCUT2D eigenvalue weighted by Gasteiger charge is 2.17. The molecule has 40 heavy (non-hydrogen) atoms. The van der Waals surface area contributed by atoms with Crippen molar-refractivity contribution in [2.75, 3.05) is 0 Å². The number of nitrogens with one attached hydrogen (secondary N) is 3. The molecule has 4 aromatic heterocycles. The highest BCUT2D eigenvalue weighted by Crippen LogP contribution is 2.34. The number of aromatic amines is 2. The Hall–Kier alpha value is -5.01. The molecule has 0 spiro atoms. The maximum absolute atomic E-state index is 4.98. The van der Waals surface area contributed by atoms with E-state index in [-0.39, 0.29) is 0 Å². The van der Waals surface area contributed by atoms with Crippen molar-refractivity contribution < 1.29 is 0 Å². The third-order valence-electron chi connectivity index (χ3n) is 6.78. The van der Waals surface area contributed by atoms with E-state index in [4.69, 9.17) is 4.98 Å². The van der Waals surface area contributed by atoms with Crippen molar-refractivity contribution in [1.29, 1.82) is 0 Å². The zero-order chi connectivity index (χ0) is 27.6. The molecule has 0 fully saturated rings. The van der Waals surface area contributed by atoms with Crippen molar-refractivity contribution in [3.8, 4) is 22.0 Å². The number of thiophene rings is 1. The van der Waals surface area contributed by atoms with Crippen LogP contribution >= 0.6 is 11.3 Å². The number of imidazole rings is 1. The molecule has 0 atom stereocenters. The van der Waals surface area contributed by atoms with Gasteiger partial charge < -0.3 is 10.3 Å². The summed E-state index contributed by atoms with van der Waals surface area (Å²) in [5.74, 6) is 0.700. The number of nitrogens with zero attached hydrogens (tertiary/aromatic N) is 3. The van der Waals surface area contributed by atoms with E-state index in [1.165, 1.54) is 4.88 Å². The van der Waals surface area contributed by atoms with Crippen LogP contribution in [0.4, 0.5) is 0 Å². The fraction of sp³-hybridized carbons (Fsp3) is 0.0606. The molecule has 6 rings (SSSR count). The second-order valence-electron chi connectivity index (χ2n) is 9.43. The van der Waals surface area contributed by atoms with Crippen molar-refractivity contribution in [3.05, 3.63) is 126 Å². The number of hydrogen-bond donors (Lipinski definition) is 3. The van der Waals surface area contributed by atoms with Crippen LogP contribution in [-0.4, -0.2) is 25.1 Å². The summed E-state index contributed by atoms with van der Waals surface area (Å²) in [7, 11) is 0. The van der Waals surface area contributed by atoms with Gasteiger partial charge in [0.2, 0.25) is 0 Å². The SMILES string of the molecule is C=C/C(=C\C(=C/C)c1ccc2[nH]nc(-c3nc4c(-c5ccc(C)s5)cncc4[nH]3)c2c1)NC(=C)c1ccccc1. The lowest BCUT2D eigenvalue weighted by molar-refractivity contribution is 1.11. The Morgan fingerprint density at radius 2 is 1.85 bits per heavy atom. The Labute approximate surface area is 236 Å². The van der Waals surface area contributed by atoms with Crippen LogP contribution in [-0.2, 0) is 0 Å². The molecule has 0 aliphatic heterocycles. The van der Waals surface area contributed by atoms with Crippen LogP contribution in [0, 0.1) is 6.92 Å². The van der Waals surface area contributed by atoms with E-state index in [0.29, 0.717) is 5.82 Å². The molecule has 6 nitrogen and oxygen atoms in total. The van der Waals surface area contributed by atoms with Gasteiger partial charge in [-0.05, 0) is 67.0 Å². The zero-order valence-electron chi connectivity index (χ0n) is 22.3. The van der Waals surface area contributed by atoms with Crippen molar-refractivity contribution in [2.45, 2.75) is 13.8 Å². The zero-order valence-corrected chi connectivity index (χ0v) is 23.1. The van der Waals surface area contributed by atoms with Crippen LogP contribution in [0.5, 0.6) is 0 Å². The lowest BCUT2D eigenvalue weighted by Gasteiger charge is -2.12. The second-order valence-corrected chi connectivity index (χ2v) is 10.7. The van der Waals surface area contributed by atoms with E-state index < -0.39 is 0 Å². The quantitative estimate of drug-likeness (QED) is 0.170. The number of rotatable bonds is 8. The highest BCUT2D eigenvalue weighted by molar-refractivity contribution is 7.15. The van der Waals surface area contributed by atoms with Gasteiger partial charge in [-0.1, -0.05) is 55.6 Å². The molecule has 0 aliphatic carbocycles. The molecule has 0 saturated heterocycles. The summed E-state index contributed by atoms with van der Waals surface area (Å²) in [5, 5.41) is 12.2. The van der Waals surface area contributed by atoms with Gasteiger partial charge in [-0.3, -0.25) is 10.1 Å². The summed E-state index contributed by atoms with van der Waals surface area (Å²) in [5.41, 5.74) is 9.27. The van der Waals surface area contributed by atoms with Crippen molar-refractivity contribution in [2.24, 2.45) is 0 Å². The smallest absolute Gasteiger partial charge is 0.159 e. The van der Waals surface area contributed by atoms with E-state index >= 15 is 0 Å². The molecule has 0 unspecified atom stereocenters. The Morgan fingerprint density at radius 1 is 1.00 bits per heavy atom.